The van der Waals surface area contributed by atoms with E-state index in [9.17, 15) is 10.1 Å². The number of hydrogen-bond acceptors (Lipinski definition) is 4. The lowest BCUT2D eigenvalue weighted by Gasteiger charge is -2.28. The highest BCUT2D eigenvalue weighted by atomic mass is 17.1. The van der Waals surface area contributed by atoms with Crippen LogP contribution in [-0.4, -0.2) is 17.8 Å². The van der Waals surface area contributed by atoms with Crippen LogP contribution in [0, 0.1) is 0 Å². The Bertz CT molecular complexity index is 750. The van der Waals surface area contributed by atoms with E-state index >= 15 is 0 Å². The van der Waals surface area contributed by atoms with Crippen LogP contribution in [0.3, 0.4) is 0 Å². The van der Waals surface area contributed by atoms with Crippen molar-refractivity contribution in [1.82, 2.24) is 0 Å². The Hall–Kier alpha value is -1.55. The van der Waals surface area contributed by atoms with Crippen LogP contribution in [0.5, 0.6) is 5.75 Å². The standard InChI is InChI=1S/C35H62O4/c1-8-9-10-11-12-13-14-15-16-17-18-19-20-21-22-23-26-38-32(36)25-24-29-27-30(34(2,3)4)33(39-37)31(28-29)35(5,6)7/h27-28,37H,8-26H2,1-7H3. The maximum absolute atomic E-state index is 12.4. The summed E-state index contributed by atoms with van der Waals surface area (Å²) in [7, 11) is 0. The Morgan fingerprint density at radius 1 is 0.667 bits per heavy atom. The molecule has 1 N–H and O–H groups in total. The van der Waals surface area contributed by atoms with E-state index in [-0.39, 0.29) is 16.8 Å². The molecular formula is C35H62O4. The summed E-state index contributed by atoms with van der Waals surface area (Å²) in [6, 6.07) is 4.12. The highest BCUT2D eigenvalue weighted by molar-refractivity contribution is 5.69. The molecule has 0 aromatic heterocycles. The molecule has 4 heteroatoms. The van der Waals surface area contributed by atoms with E-state index in [1.165, 1.54) is 89.9 Å². The summed E-state index contributed by atoms with van der Waals surface area (Å²) < 4.78 is 5.52. The largest absolute Gasteiger partial charge is 0.466 e. The van der Waals surface area contributed by atoms with Crippen molar-refractivity contribution in [3.8, 4) is 5.75 Å². The van der Waals surface area contributed by atoms with Crippen molar-refractivity contribution in [1.29, 1.82) is 0 Å². The first-order valence-corrected chi connectivity index (χ1v) is 16.2. The fourth-order valence-electron chi connectivity index (χ4n) is 5.20. The van der Waals surface area contributed by atoms with Gasteiger partial charge in [-0.25, -0.2) is 5.26 Å². The maximum Gasteiger partial charge on any atom is 0.306 e. The van der Waals surface area contributed by atoms with Gasteiger partial charge in [0.05, 0.1) is 6.61 Å². The third kappa shape index (κ3) is 15.7. The number of carbonyl (C=O) groups is 1. The lowest BCUT2D eigenvalue weighted by Crippen LogP contribution is -2.20. The summed E-state index contributed by atoms with van der Waals surface area (Å²) in [4.78, 5) is 17.2. The van der Waals surface area contributed by atoms with Gasteiger partial charge in [0, 0.05) is 17.5 Å². The van der Waals surface area contributed by atoms with E-state index in [0.717, 1.165) is 29.5 Å². The number of esters is 1. The van der Waals surface area contributed by atoms with Crippen molar-refractivity contribution >= 4 is 5.97 Å². The first kappa shape index (κ1) is 35.5. The third-order valence-corrected chi connectivity index (χ3v) is 7.73. The molecule has 0 aliphatic heterocycles. The number of ether oxygens (including phenoxy) is 1. The van der Waals surface area contributed by atoms with E-state index in [1.807, 2.05) is 0 Å². The summed E-state index contributed by atoms with van der Waals surface area (Å²) >= 11 is 0. The van der Waals surface area contributed by atoms with Gasteiger partial charge >= 0.3 is 5.97 Å². The molecule has 226 valence electrons. The number of rotatable bonds is 21. The summed E-state index contributed by atoms with van der Waals surface area (Å²) in [5, 5.41) is 9.64. The predicted octanol–water partition coefficient (Wildman–Crippen LogP) is 10.9. The van der Waals surface area contributed by atoms with Crippen molar-refractivity contribution in [2.45, 2.75) is 175 Å². The summed E-state index contributed by atoms with van der Waals surface area (Å²) in [6.07, 6.45) is 22.4. The van der Waals surface area contributed by atoms with E-state index in [1.54, 1.807) is 0 Å². The second-order valence-electron chi connectivity index (χ2n) is 13.6. The number of carbonyl (C=O) groups excluding carboxylic acids is 1. The molecule has 1 aromatic rings. The molecule has 0 spiro atoms. The molecule has 4 nitrogen and oxygen atoms in total. The first-order valence-electron chi connectivity index (χ1n) is 16.2. The van der Waals surface area contributed by atoms with Crippen LogP contribution in [0.4, 0.5) is 0 Å². The Balaban J connectivity index is 2.18. The summed E-state index contributed by atoms with van der Waals surface area (Å²) in [5.74, 6) is 0.401. The van der Waals surface area contributed by atoms with Crippen molar-refractivity contribution in [2.24, 2.45) is 0 Å². The van der Waals surface area contributed by atoms with Gasteiger partial charge in [0.15, 0.2) is 5.75 Å². The average molecular weight is 547 g/mol. The zero-order valence-corrected chi connectivity index (χ0v) is 26.8. The fourth-order valence-corrected chi connectivity index (χ4v) is 5.20. The van der Waals surface area contributed by atoms with Crippen LogP contribution in [0.15, 0.2) is 12.1 Å². The maximum atomic E-state index is 12.4. The topological polar surface area (TPSA) is 55.8 Å². The molecule has 1 aromatic carbocycles. The van der Waals surface area contributed by atoms with Crippen LogP contribution in [0.1, 0.15) is 174 Å². The number of hydrogen-bond donors (Lipinski definition) is 1. The van der Waals surface area contributed by atoms with Gasteiger partial charge in [-0.15, -0.1) is 0 Å². The quantitative estimate of drug-likeness (QED) is 0.0721. The van der Waals surface area contributed by atoms with Gasteiger partial charge in [-0.3, -0.25) is 4.79 Å². The van der Waals surface area contributed by atoms with Crippen LogP contribution in [-0.2, 0) is 26.8 Å². The normalized spacial score (nSPS) is 12.1. The highest BCUT2D eigenvalue weighted by Gasteiger charge is 2.28. The molecule has 0 aliphatic rings. The molecule has 0 unspecified atom stereocenters. The molecule has 0 saturated carbocycles. The van der Waals surface area contributed by atoms with E-state index in [4.69, 9.17) is 9.62 Å². The SMILES string of the molecule is CCCCCCCCCCCCCCCCCCOC(=O)CCc1cc(C(C)(C)C)c(OO)c(C(C)(C)C)c1. The minimum atomic E-state index is -0.193. The lowest BCUT2D eigenvalue weighted by atomic mass is 9.78. The summed E-state index contributed by atoms with van der Waals surface area (Å²) in [5.41, 5.74) is 2.59. The lowest BCUT2D eigenvalue weighted by molar-refractivity contribution is -0.143. The smallest absolute Gasteiger partial charge is 0.306 e. The second-order valence-corrected chi connectivity index (χ2v) is 13.6. The Morgan fingerprint density at radius 2 is 1.05 bits per heavy atom. The number of benzene rings is 1. The number of aryl methyl sites for hydroxylation is 1. The van der Waals surface area contributed by atoms with Gasteiger partial charge in [-0.1, -0.05) is 157 Å². The number of unbranched alkanes of at least 4 members (excludes halogenated alkanes) is 15. The van der Waals surface area contributed by atoms with Gasteiger partial charge in [0.2, 0.25) is 0 Å². The van der Waals surface area contributed by atoms with Gasteiger partial charge < -0.3 is 9.62 Å². The first-order chi connectivity index (χ1) is 18.5. The van der Waals surface area contributed by atoms with Gasteiger partial charge in [0.1, 0.15) is 0 Å². The Labute approximate surface area is 241 Å². The Kier molecular flexibility index (Phi) is 17.8. The van der Waals surface area contributed by atoms with Crippen molar-refractivity contribution in [3.05, 3.63) is 28.8 Å². The van der Waals surface area contributed by atoms with Crippen LogP contribution >= 0.6 is 0 Å². The molecule has 0 atom stereocenters. The second kappa shape index (κ2) is 19.5. The molecule has 0 bridgehead atoms. The molecule has 0 heterocycles. The van der Waals surface area contributed by atoms with E-state index in [0.29, 0.717) is 25.2 Å². The van der Waals surface area contributed by atoms with E-state index in [2.05, 4.69) is 60.6 Å². The van der Waals surface area contributed by atoms with Crippen molar-refractivity contribution < 1.29 is 19.7 Å². The Morgan fingerprint density at radius 3 is 1.41 bits per heavy atom. The van der Waals surface area contributed by atoms with Gasteiger partial charge in [0.25, 0.3) is 0 Å². The van der Waals surface area contributed by atoms with Crippen LogP contribution in [0.25, 0.3) is 0 Å². The monoisotopic (exact) mass is 546 g/mol. The van der Waals surface area contributed by atoms with Crippen LogP contribution in [0.2, 0.25) is 0 Å². The van der Waals surface area contributed by atoms with Crippen molar-refractivity contribution in [3.63, 3.8) is 0 Å². The minimum Gasteiger partial charge on any atom is -0.466 e. The zero-order chi connectivity index (χ0) is 29.2. The minimum absolute atomic E-state index is 0.131. The van der Waals surface area contributed by atoms with Gasteiger partial charge in [-0.2, -0.15) is 0 Å². The molecule has 0 saturated heterocycles. The molecule has 0 aliphatic carbocycles. The average Bonchev–Trinajstić information content (AvgIpc) is 2.87. The summed E-state index contributed by atoms with van der Waals surface area (Å²) in [6.45, 7) is 15.4. The molecule has 0 fully saturated rings. The van der Waals surface area contributed by atoms with Crippen molar-refractivity contribution in [2.75, 3.05) is 6.61 Å². The highest BCUT2D eigenvalue weighted by Crippen LogP contribution is 2.40. The van der Waals surface area contributed by atoms with Gasteiger partial charge in [-0.05, 0) is 29.2 Å². The van der Waals surface area contributed by atoms with Crippen LogP contribution < -0.4 is 4.89 Å². The molecule has 1 rings (SSSR count). The fraction of sp³-hybridized carbons (Fsp3) is 0.800. The predicted molar refractivity (Wildman–Crippen MR) is 166 cm³/mol. The third-order valence-electron chi connectivity index (χ3n) is 7.73. The molecule has 0 radical (unpaired) electrons. The molecule has 0 amide bonds. The zero-order valence-electron chi connectivity index (χ0n) is 26.8. The molecular weight excluding hydrogens is 484 g/mol. The van der Waals surface area contributed by atoms with E-state index < -0.39 is 0 Å². The molecule has 39 heavy (non-hydrogen) atoms.